The van der Waals surface area contributed by atoms with Crippen molar-refractivity contribution < 1.29 is 23.8 Å². The van der Waals surface area contributed by atoms with Gasteiger partial charge in [-0.25, -0.2) is 9.59 Å². The quantitative estimate of drug-likeness (QED) is 0.788. The van der Waals surface area contributed by atoms with Gasteiger partial charge in [0.05, 0.1) is 39.1 Å². The molecule has 0 saturated carbocycles. The van der Waals surface area contributed by atoms with Crippen molar-refractivity contribution in [2.45, 2.75) is 6.54 Å². The molecule has 0 unspecified atom stereocenters. The number of benzene rings is 2. The van der Waals surface area contributed by atoms with E-state index < -0.39 is 12.1 Å². The second-order valence-corrected chi connectivity index (χ2v) is 4.92. The number of amides is 1. The largest absolute Gasteiger partial charge is 0.495 e. The molecular formula is C18H19NO5. The van der Waals surface area contributed by atoms with Gasteiger partial charge in [-0.3, -0.25) is 4.90 Å². The SMILES string of the molecule is COC(=O)c1ccc(CN(C(=O)OC)c2ccccc2OC)cc1. The molecule has 0 N–H and O–H groups in total. The van der Waals surface area contributed by atoms with Gasteiger partial charge in [0.2, 0.25) is 0 Å². The molecule has 0 aromatic heterocycles. The Morgan fingerprint density at radius 1 is 0.917 bits per heavy atom. The molecule has 6 nitrogen and oxygen atoms in total. The predicted molar refractivity (Wildman–Crippen MR) is 89.4 cm³/mol. The first-order valence-corrected chi connectivity index (χ1v) is 7.26. The number of carbonyl (C=O) groups is 2. The fraction of sp³-hybridized carbons (Fsp3) is 0.222. The molecular weight excluding hydrogens is 310 g/mol. The highest BCUT2D eigenvalue weighted by Gasteiger charge is 2.20. The highest BCUT2D eigenvalue weighted by atomic mass is 16.5. The maximum atomic E-state index is 12.2. The summed E-state index contributed by atoms with van der Waals surface area (Å²) in [5.74, 6) is 0.158. The minimum atomic E-state index is -0.503. The summed E-state index contributed by atoms with van der Waals surface area (Å²) in [4.78, 5) is 25.1. The number of hydrogen-bond acceptors (Lipinski definition) is 5. The first-order chi connectivity index (χ1) is 11.6. The fourth-order valence-corrected chi connectivity index (χ4v) is 2.26. The Morgan fingerprint density at radius 2 is 1.58 bits per heavy atom. The fourth-order valence-electron chi connectivity index (χ4n) is 2.26. The zero-order valence-corrected chi connectivity index (χ0v) is 13.8. The molecule has 0 fully saturated rings. The van der Waals surface area contributed by atoms with Crippen LogP contribution in [0.3, 0.4) is 0 Å². The second kappa shape index (κ2) is 8.01. The van der Waals surface area contributed by atoms with E-state index in [4.69, 9.17) is 9.47 Å². The van der Waals surface area contributed by atoms with Crippen molar-refractivity contribution in [3.63, 3.8) is 0 Å². The smallest absolute Gasteiger partial charge is 0.414 e. The van der Waals surface area contributed by atoms with Crippen LogP contribution in [-0.2, 0) is 16.0 Å². The summed E-state index contributed by atoms with van der Waals surface area (Å²) in [5, 5.41) is 0. The molecule has 126 valence electrons. The van der Waals surface area contributed by atoms with E-state index >= 15 is 0 Å². The molecule has 6 heteroatoms. The Balaban J connectivity index is 2.30. The van der Waals surface area contributed by atoms with E-state index in [0.717, 1.165) is 5.56 Å². The van der Waals surface area contributed by atoms with Gasteiger partial charge >= 0.3 is 12.1 Å². The zero-order valence-electron chi connectivity index (χ0n) is 13.8. The molecule has 0 heterocycles. The molecule has 2 rings (SSSR count). The first-order valence-electron chi connectivity index (χ1n) is 7.26. The number of anilines is 1. The third kappa shape index (κ3) is 3.84. The normalized spacial score (nSPS) is 9.96. The number of methoxy groups -OCH3 is 3. The Morgan fingerprint density at radius 3 is 2.17 bits per heavy atom. The van der Waals surface area contributed by atoms with Crippen molar-refractivity contribution in [3.8, 4) is 5.75 Å². The molecule has 2 aromatic carbocycles. The summed E-state index contributed by atoms with van der Waals surface area (Å²) in [6.45, 7) is 0.272. The summed E-state index contributed by atoms with van der Waals surface area (Å²) < 4.78 is 14.9. The molecule has 0 saturated heterocycles. The molecule has 24 heavy (non-hydrogen) atoms. The monoisotopic (exact) mass is 329 g/mol. The number of esters is 1. The van der Waals surface area contributed by atoms with Crippen LogP contribution in [0.25, 0.3) is 0 Å². The van der Waals surface area contributed by atoms with Crippen molar-refractivity contribution in [2.75, 3.05) is 26.2 Å². The Kier molecular flexibility index (Phi) is 5.78. The first kappa shape index (κ1) is 17.3. The Bertz CT molecular complexity index is 712. The van der Waals surface area contributed by atoms with Crippen LogP contribution >= 0.6 is 0 Å². The van der Waals surface area contributed by atoms with E-state index in [1.165, 1.54) is 19.1 Å². The van der Waals surface area contributed by atoms with E-state index in [2.05, 4.69) is 4.74 Å². The molecule has 0 bridgehead atoms. The van der Waals surface area contributed by atoms with Gasteiger partial charge in [-0.05, 0) is 29.8 Å². The molecule has 0 aliphatic carbocycles. The topological polar surface area (TPSA) is 65.1 Å². The van der Waals surface area contributed by atoms with Crippen molar-refractivity contribution in [2.24, 2.45) is 0 Å². The number of para-hydroxylation sites is 2. The van der Waals surface area contributed by atoms with E-state index in [-0.39, 0.29) is 6.54 Å². The summed E-state index contributed by atoms with van der Waals surface area (Å²) >= 11 is 0. The van der Waals surface area contributed by atoms with E-state index in [1.807, 2.05) is 12.1 Å². The molecule has 0 aliphatic heterocycles. The lowest BCUT2D eigenvalue weighted by atomic mass is 10.1. The van der Waals surface area contributed by atoms with Gasteiger partial charge in [0.25, 0.3) is 0 Å². The average Bonchev–Trinajstić information content (AvgIpc) is 2.65. The molecule has 0 atom stereocenters. The molecule has 2 aromatic rings. The molecule has 0 spiro atoms. The second-order valence-electron chi connectivity index (χ2n) is 4.92. The van der Waals surface area contributed by atoms with Crippen LogP contribution in [0.2, 0.25) is 0 Å². The van der Waals surface area contributed by atoms with Crippen LogP contribution in [-0.4, -0.2) is 33.4 Å². The van der Waals surface area contributed by atoms with Crippen LogP contribution in [0.1, 0.15) is 15.9 Å². The van der Waals surface area contributed by atoms with Gasteiger partial charge in [-0.15, -0.1) is 0 Å². The summed E-state index contributed by atoms with van der Waals surface area (Å²) in [6.07, 6.45) is -0.503. The minimum absolute atomic E-state index is 0.272. The van der Waals surface area contributed by atoms with Gasteiger partial charge in [-0.2, -0.15) is 0 Å². The lowest BCUT2D eigenvalue weighted by molar-refractivity contribution is 0.0600. The molecule has 0 aliphatic rings. The summed E-state index contributed by atoms with van der Waals surface area (Å²) in [7, 11) is 4.20. The number of hydrogen-bond donors (Lipinski definition) is 0. The van der Waals surface area contributed by atoms with Crippen LogP contribution < -0.4 is 9.64 Å². The van der Waals surface area contributed by atoms with Crippen molar-refractivity contribution in [3.05, 3.63) is 59.7 Å². The minimum Gasteiger partial charge on any atom is -0.495 e. The van der Waals surface area contributed by atoms with E-state index in [1.54, 1.807) is 43.5 Å². The Hall–Kier alpha value is -3.02. The average molecular weight is 329 g/mol. The lowest BCUT2D eigenvalue weighted by Gasteiger charge is -2.23. The highest BCUT2D eigenvalue weighted by Crippen LogP contribution is 2.29. The highest BCUT2D eigenvalue weighted by molar-refractivity contribution is 5.90. The molecule has 0 radical (unpaired) electrons. The van der Waals surface area contributed by atoms with Gasteiger partial charge in [0.15, 0.2) is 0 Å². The van der Waals surface area contributed by atoms with Crippen molar-refractivity contribution in [1.29, 1.82) is 0 Å². The van der Waals surface area contributed by atoms with Gasteiger partial charge in [0.1, 0.15) is 5.75 Å². The van der Waals surface area contributed by atoms with Gasteiger partial charge in [-0.1, -0.05) is 24.3 Å². The van der Waals surface area contributed by atoms with Crippen molar-refractivity contribution in [1.82, 2.24) is 0 Å². The zero-order chi connectivity index (χ0) is 17.5. The predicted octanol–water partition coefficient (Wildman–Crippen LogP) is 3.25. The lowest BCUT2D eigenvalue weighted by Crippen LogP contribution is -2.30. The van der Waals surface area contributed by atoms with Crippen LogP contribution in [0.15, 0.2) is 48.5 Å². The summed E-state index contributed by atoms with van der Waals surface area (Å²) in [6, 6.07) is 14.0. The number of nitrogens with zero attached hydrogens (tertiary/aromatic N) is 1. The van der Waals surface area contributed by atoms with Crippen LogP contribution in [0.4, 0.5) is 10.5 Å². The number of carbonyl (C=O) groups excluding carboxylic acids is 2. The van der Waals surface area contributed by atoms with E-state index in [0.29, 0.717) is 17.0 Å². The third-order valence-electron chi connectivity index (χ3n) is 3.49. The number of ether oxygens (including phenoxy) is 3. The standard InChI is InChI=1S/C18H19NO5/c1-22-16-7-5-4-6-15(16)19(18(21)24-3)12-13-8-10-14(11-9-13)17(20)23-2/h4-11H,12H2,1-3H3. The third-order valence-corrected chi connectivity index (χ3v) is 3.49. The van der Waals surface area contributed by atoms with Gasteiger partial charge in [0, 0.05) is 0 Å². The van der Waals surface area contributed by atoms with Crippen molar-refractivity contribution >= 4 is 17.7 Å². The van der Waals surface area contributed by atoms with E-state index in [9.17, 15) is 9.59 Å². The number of rotatable bonds is 5. The maximum Gasteiger partial charge on any atom is 0.414 e. The Labute approximate surface area is 140 Å². The van der Waals surface area contributed by atoms with Crippen LogP contribution in [0, 0.1) is 0 Å². The van der Waals surface area contributed by atoms with Crippen LogP contribution in [0.5, 0.6) is 5.75 Å². The summed E-state index contributed by atoms with van der Waals surface area (Å²) in [5.41, 5.74) is 1.88. The molecule has 1 amide bonds. The van der Waals surface area contributed by atoms with Gasteiger partial charge < -0.3 is 14.2 Å². The maximum absolute atomic E-state index is 12.2.